The van der Waals surface area contributed by atoms with E-state index in [1.165, 1.54) is 24.3 Å². The van der Waals surface area contributed by atoms with Crippen molar-refractivity contribution in [3.05, 3.63) is 47.1 Å². The van der Waals surface area contributed by atoms with Gasteiger partial charge in [-0.1, -0.05) is 12.1 Å². The van der Waals surface area contributed by atoms with Crippen molar-refractivity contribution in [2.45, 2.75) is 20.3 Å². The number of nitrogens with zero attached hydrogens (tertiary/aromatic N) is 1. The van der Waals surface area contributed by atoms with Crippen molar-refractivity contribution in [3.8, 4) is 5.75 Å². The van der Waals surface area contributed by atoms with Crippen molar-refractivity contribution in [1.29, 1.82) is 0 Å². The van der Waals surface area contributed by atoms with Crippen molar-refractivity contribution >= 4 is 11.8 Å². The number of amides is 2. The zero-order valence-electron chi connectivity index (χ0n) is 12.7. The molecule has 2 amide bonds. The summed E-state index contributed by atoms with van der Waals surface area (Å²) >= 11 is 0. The van der Waals surface area contributed by atoms with Crippen molar-refractivity contribution in [1.82, 2.24) is 16.0 Å². The van der Waals surface area contributed by atoms with Gasteiger partial charge in [-0.15, -0.1) is 0 Å². The molecular weight excluding hydrogens is 305 g/mol. The van der Waals surface area contributed by atoms with Gasteiger partial charge in [0, 0.05) is 0 Å². The lowest BCUT2D eigenvalue weighted by Gasteiger charge is -2.08. The van der Waals surface area contributed by atoms with Gasteiger partial charge in [0.15, 0.2) is 6.61 Å². The minimum atomic E-state index is -0.560. The molecule has 0 fully saturated rings. The van der Waals surface area contributed by atoms with Gasteiger partial charge in [-0.2, -0.15) is 0 Å². The Bertz CT molecular complexity index is 697. The van der Waals surface area contributed by atoms with Crippen molar-refractivity contribution < 1.29 is 23.2 Å². The molecule has 7 nitrogen and oxygen atoms in total. The van der Waals surface area contributed by atoms with E-state index in [1.807, 2.05) is 6.92 Å². The summed E-state index contributed by atoms with van der Waals surface area (Å²) < 4.78 is 22.8. The zero-order chi connectivity index (χ0) is 16.8. The summed E-state index contributed by atoms with van der Waals surface area (Å²) in [6.07, 6.45) is 0.529. The van der Waals surface area contributed by atoms with Crippen LogP contribution in [0.5, 0.6) is 5.75 Å². The third-order valence-electron chi connectivity index (χ3n) is 2.99. The molecule has 2 aromatic rings. The van der Waals surface area contributed by atoms with Crippen LogP contribution in [0.3, 0.4) is 0 Å². The molecule has 1 aromatic heterocycles. The predicted octanol–water partition coefficient (Wildman–Crippen LogP) is 1.52. The molecule has 0 saturated carbocycles. The van der Waals surface area contributed by atoms with Gasteiger partial charge >= 0.3 is 0 Å². The number of halogens is 1. The average molecular weight is 321 g/mol. The number of hydrazine groups is 1. The van der Waals surface area contributed by atoms with Crippen LogP contribution < -0.4 is 15.6 Å². The molecule has 0 aliphatic carbocycles. The minimum Gasteiger partial charge on any atom is -0.484 e. The largest absolute Gasteiger partial charge is 0.484 e. The van der Waals surface area contributed by atoms with Crippen LogP contribution in [0.15, 0.2) is 28.8 Å². The first-order valence-electron chi connectivity index (χ1n) is 6.94. The Kier molecular flexibility index (Phi) is 5.29. The average Bonchev–Trinajstić information content (AvgIpc) is 2.93. The Morgan fingerprint density at radius 3 is 2.61 bits per heavy atom. The van der Waals surface area contributed by atoms with Crippen molar-refractivity contribution in [3.63, 3.8) is 0 Å². The van der Waals surface area contributed by atoms with E-state index in [9.17, 15) is 14.0 Å². The van der Waals surface area contributed by atoms with Crippen LogP contribution in [0.1, 0.15) is 28.7 Å². The number of ether oxygens (including phenoxy) is 1. The number of aryl methyl sites for hydroxylation is 2. The summed E-state index contributed by atoms with van der Waals surface area (Å²) in [4.78, 5) is 23.6. The zero-order valence-corrected chi connectivity index (χ0v) is 12.7. The molecule has 0 saturated heterocycles. The van der Waals surface area contributed by atoms with E-state index >= 15 is 0 Å². The fourth-order valence-corrected chi connectivity index (χ4v) is 1.86. The van der Waals surface area contributed by atoms with E-state index in [-0.39, 0.29) is 6.61 Å². The SMILES string of the molecule is CCc1noc(C)c1C(=O)NNC(=O)COc1ccc(F)cc1. The number of carbonyl (C=O) groups excluding carboxylic acids is 2. The Morgan fingerprint density at radius 2 is 1.96 bits per heavy atom. The van der Waals surface area contributed by atoms with Crippen LogP contribution in [0.4, 0.5) is 4.39 Å². The van der Waals surface area contributed by atoms with Gasteiger partial charge in [0.1, 0.15) is 22.9 Å². The molecule has 8 heteroatoms. The Balaban J connectivity index is 1.83. The summed E-state index contributed by atoms with van der Waals surface area (Å²) in [6.45, 7) is 3.12. The van der Waals surface area contributed by atoms with Crippen LogP contribution in [0.25, 0.3) is 0 Å². The molecule has 0 unspecified atom stereocenters. The third-order valence-corrected chi connectivity index (χ3v) is 2.99. The van der Waals surface area contributed by atoms with E-state index in [1.54, 1.807) is 6.92 Å². The first-order chi connectivity index (χ1) is 11.0. The molecular formula is C15H16FN3O4. The van der Waals surface area contributed by atoms with Gasteiger partial charge in [0.05, 0.1) is 5.69 Å². The van der Waals surface area contributed by atoms with Crippen LogP contribution in [0, 0.1) is 12.7 Å². The first-order valence-corrected chi connectivity index (χ1v) is 6.94. The topological polar surface area (TPSA) is 93.5 Å². The highest BCUT2D eigenvalue weighted by Gasteiger charge is 2.19. The number of nitrogens with one attached hydrogen (secondary N) is 2. The normalized spacial score (nSPS) is 10.2. The van der Waals surface area contributed by atoms with Gasteiger partial charge < -0.3 is 9.26 Å². The third kappa shape index (κ3) is 4.29. The van der Waals surface area contributed by atoms with E-state index in [0.717, 1.165) is 0 Å². The Morgan fingerprint density at radius 1 is 1.26 bits per heavy atom. The molecule has 23 heavy (non-hydrogen) atoms. The maximum absolute atomic E-state index is 12.7. The second-order valence-corrected chi connectivity index (χ2v) is 4.66. The van der Waals surface area contributed by atoms with E-state index in [2.05, 4.69) is 16.0 Å². The van der Waals surface area contributed by atoms with E-state index in [0.29, 0.717) is 29.2 Å². The number of rotatable bonds is 5. The number of hydrogen-bond acceptors (Lipinski definition) is 5. The number of benzene rings is 1. The Hall–Kier alpha value is -2.90. The fourth-order valence-electron chi connectivity index (χ4n) is 1.86. The molecule has 1 aromatic carbocycles. The van der Waals surface area contributed by atoms with Crippen LogP contribution in [0.2, 0.25) is 0 Å². The summed E-state index contributed by atoms with van der Waals surface area (Å²) in [7, 11) is 0. The van der Waals surface area contributed by atoms with Gasteiger partial charge in [-0.05, 0) is 37.6 Å². The van der Waals surface area contributed by atoms with E-state index in [4.69, 9.17) is 9.26 Å². The van der Waals surface area contributed by atoms with Gasteiger partial charge in [0.2, 0.25) is 0 Å². The lowest BCUT2D eigenvalue weighted by atomic mass is 10.1. The minimum absolute atomic E-state index is 0.298. The first kappa shape index (κ1) is 16.5. The number of aromatic nitrogens is 1. The maximum Gasteiger partial charge on any atom is 0.276 e. The van der Waals surface area contributed by atoms with Gasteiger partial charge in [-0.3, -0.25) is 20.4 Å². The quantitative estimate of drug-likeness (QED) is 0.815. The summed E-state index contributed by atoms with van der Waals surface area (Å²) in [5.74, 6) is -0.761. The maximum atomic E-state index is 12.7. The summed E-state index contributed by atoms with van der Waals surface area (Å²) in [5.41, 5.74) is 5.30. The molecule has 0 spiro atoms. The lowest BCUT2D eigenvalue weighted by molar-refractivity contribution is -0.123. The Labute approximate surface area is 131 Å². The lowest BCUT2D eigenvalue weighted by Crippen LogP contribution is -2.44. The highest BCUT2D eigenvalue weighted by atomic mass is 19.1. The van der Waals surface area contributed by atoms with E-state index < -0.39 is 17.6 Å². The van der Waals surface area contributed by atoms with Crippen molar-refractivity contribution in [2.24, 2.45) is 0 Å². The molecule has 1 heterocycles. The fraction of sp³-hybridized carbons (Fsp3) is 0.267. The van der Waals surface area contributed by atoms with Crippen molar-refractivity contribution in [2.75, 3.05) is 6.61 Å². The van der Waals surface area contributed by atoms with Gasteiger partial charge in [0.25, 0.3) is 11.8 Å². The van der Waals surface area contributed by atoms with Crippen LogP contribution >= 0.6 is 0 Å². The summed E-state index contributed by atoms with van der Waals surface area (Å²) in [6, 6.07) is 5.23. The predicted molar refractivity (Wildman–Crippen MR) is 78.1 cm³/mol. The van der Waals surface area contributed by atoms with Crippen LogP contribution in [-0.2, 0) is 11.2 Å². The molecule has 0 aliphatic rings. The molecule has 0 aliphatic heterocycles. The van der Waals surface area contributed by atoms with Crippen LogP contribution in [-0.4, -0.2) is 23.6 Å². The smallest absolute Gasteiger partial charge is 0.276 e. The summed E-state index contributed by atoms with van der Waals surface area (Å²) in [5, 5.41) is 3.76. The second kappa shape index (κ2) is 7.39. The molecule has 0 atom stereocenters. The standard InChI is InChI=1S/C15H16FN3O4/c1-3-12-14(9(2)23-19-12)15(21)18-17-13(20)8-22-11-6-4-10(16)5-7-11/h4-7H,3,8H2,1-2H3,(H,17,20)(H,18,21). The molecule has 2 rings (SSSR count). The monoisotopic (exact) mass is 321 g/mol. The highest BCUT2D eigenvalue weighted by molar-refractivity contribution is 5.97. The highest BCUT2D eigenvalue weighted by Crippen LogP contribution is 2.13. The second-order valence-electron chi connectivity index (χ2n) is 4.66. The number of hydrogen-bond donors (Lipinski definition) is 2. The van der Waals surface area contributed by atoms with Gasteiger partial charge in [-0.25, -0.2) is 4.39 Å². The molecule has 0 radical (unpaired) electrons. The molecule has 2 N–H and O–H groups in total. The molecule has 0 bridgehead atoms. The number of carbonyl (C=O) groups is 2. The molecule has 122 valence electrons.